The van der Waals surface area contributed by atoms with Gasteiger partial charge < -0.3 is 5.11 Å². The zero-order chi connectivity index (χ0) is 17.5. The summed E-state index contributed by atoms with van der Waals surface area (Å²) in [6, 6.07) is 14.5. The van der Waals surface area contributed by atoms with E-state index in [0.717, 1.165) is 29.3 Å². The molecule has 0 radical (unpaired) electrons. The third-order valence-corrected chi connectivity index (χ3v) is 6.51. The number of aromatic nitrogens is 1. The Balaban J connectivity index is 1.51. The Morgan fingerprint density at radius 3 is 2.76 bits per heavy atom. The molecule has 0 bridgehead atoms. The summed E-state index contributed by atoms with van der Waals surface area (Å²) in [7, 11) is 0. The van der Waals surface area contributed by atoms with Crippen LogP contribution in [0.1, 0.15) is 35.2 Å². The van der Waals surface area contributed by atoms with Gasteiger partial charge in [-0.2, -0.15) is 17.0 Å². The van der Waals surface area contributed by atoms with Crippen LogP contribution in [0, 0.1) is 11.3 Å². The molecule has 1 heterocycles. The summed E-state index contributed by atoms with van der Waals surface area (Å²) in [5, 5.41) is 20.4. The lowest BCUT2D eigenvalue weighted by atomic mass is 9.95. The number of rotatable bonds is 7. The maximum Gasteiger partial charge on any atom is 0.114 e. The standard InChI is InChI=1S/C20H22N2OS2/c21-11-17-10-16-8-4-5-9-19(16)22-20(17)25-14-18(23)13-24-12-15-6-2-1-3-7-15/h1-3,6-7,10,18,23H,4-5,8-9,12-14H2. The van der Waals surface area contributed by atoms with Gasteiger partial charge in [-0.3, -0.25) is 0 Å². The maximum absolute atomic E-state index is 10.2. The molecule has 25 heavy (non-hydrogen) atoms. The van der Waals surface area contributed by atoms with Crippen molar-refractivity contribution in [1.82, 2.24) is 4.98 Å². The first-order valence-corrected chi connectivity index (χ1v) is 10.8. The van der Waals surface area contributed by atoms with E-state index < -0.39 is 6.10 Å². The van der Waals surface area contributed by atoms with Crippen molar-refractivity contribution in [2.75, 3.05) is 11.5 Å². The van der Waals surface area contributed by atoms with Gasteiger partial charge in [-0.15, -0.1) is 11.8 Å². The maximum atomic E-state index is 10.2. The number of fused-ring (bicyclic) bond motifs is 1. The highest BCUT2D eigenvalue weighted by Crippen LogP contribution is 2.28. The molecule has 0 saturated carbocycles. The fourth-order valence-electron chi connectivity index (χ4n) is 2.92. The molecule has 1 aromatic carbocycles. The van der Waals surface area contributed by atoms with E-state index in [1.165, 1.54) is 35.7 Å². The number of aryl methyl sites for hydroxylation is 2. The Hall–Kier alpha value is -1.48. The predicted molar refractivity (Wildman–Crippen MR) is 105 cm³/mol. The van der Waals surface area contributed by atoms with E-state index in [2.05, 4.69) is 18.2 Å². The third kappa shape index (κ3) is 5.24. The first-order chi connectivity index (χ1) is 12.3. The number of hydrogen-bond donors (Lipinski definition) is 1. The van der Waals surface area contributed by atoms with Gasteiger partial charge in [0.1, 0.15) is 11.1 Å². The zero-order valence-electron chi connectivity index (χ0n) is 14.1. The number of aliphatic hydroxyl groups excluding tert-OH is 1. The Morgan fingerprint density at radius 1 is 1.16 bits per heavy atom. The van der Waals surface area contributed by atoms with Crippen molar-refractivity contribution in [3.05, 3.63) is 58.8 Å². The first-order valence-electron chi connectivity index (χ1n) is 8.61. The van der Waals surface area contributed by atoms with Crippen LogP contribution >= 0.6 is 23.5 Å². The van der Waals surface area contributed by atoms with Crippen molar-refractivity contribution < 1.29 is 5.11 Å². The van der Waals surface area contributed by atoms with Crippen LogP contribution in [0.25, 0.3) is 0 Å². The average Bonchev–Trinajstić information content (AvgIpc) is 2.66. The van der Waals surface area contributed by atoms with E-state index in [0.29, 0.717) is 17.1 Å². The average molecular weight is 371 g/mol. The number of nitrogens with zero attached hydrogens (tertiary/aromatic N) is 2. The summed E-state index contributed by atoms with van der Waals surface area (Å²) in [6.45, 7) is 0. The smallest absolute Gasteiger partial charge is 0.114 e. The SMILES string of the molecule is N#Cc1cc2c(nc1SCC(O)CSCc1ccccc1)CCCC2. The van der Waals surface area contributed by atoms with Crippen LogP contribution in [0.15, 0.2) is 41.4 Å². The van der Waals surface area contributed by atoms with Crippen LogP contribution in [0.5, 0.6) is 0 Å². The Labute approximate surface area is 157 Å². The number of pyridine rings is 1. The number of nitriles is 1. The van der Waals surface area contributed by atoms with Gasteiger partial charge in [0.05, 0.1) is 11.7 Å². The highest BCUT2D eigenvalue weighted by molar-refractivity contribution is 7.99. The molecule has 0 saturated heterocycles. The van der Waals surface area contributed by atoms with E-state index in [-0.39, 0.29) is 0 Å². The molecule has 3 nitrogen and oxygen atoms in total. The van der Waals surface area contributed by atoms with Crippen LogP contribution < -0.4 is 0 Å². The van der Waals surface area contributed by atoms with Crippen LogP contribution in [0.2, 0.25) is 0 Å². The van der Waals surface area contributed by atoms with E-state index in [1.54, 1.807) is 11.8 Å². The summed E-state index contributed by atoms with van der Waals surface area (Å²) >= 11 is 3.24. The van der Waals surface area contributed by atoms with Crippen molar-refractivity contribution in [1.29, 1.82) is 5.26 Å². The van der Waals surface area contributed by atoms with Gasteiger partial charge in [-0.05, 0) is 42.9 Å². The Morgan fingerprint density at radius 2 is 1.96 bits per heavy atom. The largest absolute Gasteiger partial charge is 0.391 e. The predicted octanol–water partition coefficient (Wildman–Crippen LogP) is 4.22. The Bertz CT molecular complexity index is 743. The molecular weight excluding hydrogens is 348 g/mol. The molecule has 1 aliphatic carbocycles. The van der Waals surface area contributed by atoms with E-state index in [1.807, 2.05) is 24.3 Å². The first kappa shape index (κ1) is 18.3. The molecule has 2 aromatic rings. The highest BCUT2D eigenvalue weighted by Gasteiger charge is 2.16. The number of hydrogen-bond acceptors (Lipinski definition) is 5. The second-order valence-electron chi connectivity index (χ2n) is 6.23. The van der Waals surface area contributed by atoms with Crippen molar-refractivity contribution in [2.24, 2.45) is 0 Å². The molecule has 1 aromatic heterocycles. The monoisotopic (exact) mass is 370 g/mol. The molecule has 5 heteroatoms. The summed E-state index contributed by atoms with van der Waals surface area (Å²) in [5.74, 6) is 2.17. The van der Waals surface area contributed by atoms with Gasteiger partial charge in [-0.25, -0.2) is 4.98 Å². The van der Waals surface area contributed by atoms with Gasteiger partial charge in [0.25, 0.3) is 0 Å². The fourth-order valence-corrected chi connectivity index (χ4v) is 4.90. The molecule has 1 aliphatic rings. The van der Waals surface area contributed by atoms with Gasteiger partial charge in [0.2, 0.25) is 0 Å². The second-order valence-corrected chi connectivity index (χ2v) is 8.27. The van der Waals surface area contributed by atoms with Crippen molar-refractivity contribution >= 4 is 23.5 Å². The van der Waals surface area contributed by atoms with Crippen molar-refractivity contribution in [2.45, 2.75) is 42.6 Å². The summed E-state index contributed by atoms with van der Waals surface area (Å²) in [4.78, 5) is 4.71. The Kier molecular flexibility index (Phi) is 6.80. The lowest BCUT2D eigenvalue weighted by Gasteiger charge is -2.17. The van der Waals surface area contributed by atoms with Gasteiger partial charge in [0.15, 0.2) is 0 Å². The van der Waals surface area contributed by atoms with Crippen molar-refractivity contribution in [3.8, 4) is 6.07 Å². The minimum atomic E-state index is -0.400. The minimum absolute atomic E-state index is 0.400. The fraction of sp³-hybridized carbons (Fsp3) is 0.400. The summed E-state index contributed by atoms with van der Waals surface area (Å²) in [6.07, 6.45) is 3.99. The minimum Gasteiger partial charge on any atom is -0.391 e. The molecule has 0 fully saturated rings. The number of benzene rings is 1. The van der Waals surface area contributed by atoms with Crippen LogP contribution in [0.3, 0.4) is 0 Å². The van der Waals surface area contributed by atoms with E-state index >= 15 is 0 Å². The molecule has 1 N–H and O–H groups in total. The van der Waals surface area contributed by atoms with Crippen LogP contribution in [-0.2, 0) is 18.6 Å². The molecule has 1 unspecified atom stereocenters. The van der Waals surface area contributed by atoms with Crippen LogP contribution in [-0.4, -0.2) is 27.7 Å². The lowest BCUT2D eigenvalue weighted by Crippen LogP contribution is -2.14. The van der Waals surface area contributed by atoms with Crippen molar-refractivity contribution in [3.63, 3.8) is 0 Å². The molecule has 130 valence electrons. The quantitative estimate of drug-likeness (QED) is 0.740. The van der Waals surface area contributed by atoms with Crippen LogP contribution in [0.4, 0.5) is 0 Å². The van der Waals surface area contributed by atoms with E-state index in [4.69, 9.17) is 4.98 Å². The highest BCUT2D eigenvalue weighted by atomic mass is 32.2. The molecule has 3 rings (SSSR count). The zero-order valence-corrected chi connectivity index (χ0v) is 15.8. The molecule has 0 amide bonds. The summed E-state index contributed by atoms with van der Waals surface area (Å²) < 4.78 is 0. The molecular formula is C20H22N2OS2. The van der Waals surface area contributed by atoms with Gasteiger partial charge >= 0.3 is 0 Å². The molecule has 0 aliphatic heterocycles. The molecule has 0 spiro atoms. The lowest BCUT2D eigenvalue weighted by molar-refractivity contribution is 0.225. The van der Waals surface area contributed by atoms with Gasteiger partial charge in [-0.1, -0.05) is 30.3 Å². The number of thioether (sulfide) groups is 2. The number of aliphatic hydroxyl groups is 1. The third-order valence-electron chi connectivity index (χ3n) is 4.22. The molecule has 1 atom stereocenters. The summed E-state index contributed by atoms with van der Waals surface area (Å²) in [5.41, 5.74) is 4.29. The van der Waals surface area contributed by atoms with E-state index in [9.17, 15) is 10.4 Å². The van der Waals surface area contributed by atoms with Gasteiger partial charge in [0, 0.05) is 23.0 Å². The normalized spacial score (nSPS) is 14.6. The topological polar surface area (TPSA) is 56.9 Å². The second kappa shape index (κ2) is 9.28.